The molecule has 3 aromatic heterocycles. The van der Waals surface area contributed by atoms with Crippen LogP contribution in [0.15, 0.2) is 34.6 Å². The van der Waals surface area contributed by atoms with Gasteiger partial charge >= 0.3 is 0 Å². The molecule has 1 aliphatic rings. The fourth-order valence-corrected chi connectivity index (χ4v) is 3.66. The van der Waals surface area contributed by atoms with Gasteiger partial charge in [0.2, 0.25) is 0 Å². The number of hydrogen-bond acceptors (Lipinski definition) is 7. The predicted octanol–water partition coefficient (Wildman–Crippen LogP) is 2.00. The van der Waals surface area contributed by atoms with Crippen LogP contribution in [-0.4, -0.2) is 49.2 Å². The summed E-state index contributed by atoms with van der Waals surface area (Å²) in [5.74, 6) is 0. The summed E-state index contributed by atoms with van der Waals surface area (Å²) < 4.78 is 6.92. The lowest BCUT2D eigenvalue weighted by Gasteiger charge is -2.28. The van der Waals surface area contributed by atoms with E-state index in [1.165, 1.54) is 0 Å². The molecule has 0 radical (unpaired) electrons. The zero-order valence-electron chi connectivity index (χ0n) is 13.2. The summed E-state index contributed by atoms with van der Waals surface area (Å²) in [5.41, 5.74) is 2.92. The highest BCUT2D eigenvalue weighted by molar-refractivity contribution is 7.13. The Bertz CT molecular complexity index is 774. The molecule has 0 bridgehead atoms. The normalized spacial score (nSPS) is 16.7. The first-order chi connectivity index (χ1) is 11.8. The van der Waals surface area contributed by atoms with Crippen LogP contribution in [-0.2, 0) is 13.1 Å². The van der Waals surface area contributed by atoms with Gasteiger partial charge in [-0.3, -0.25) is 4.90 Å². The van der Waals surface area contributed by atoms with Crippen molar-refractivity contribution in [3.05, 3.63) is 41.6 Å². The van der Waals surface area contributed by atoms with E-state index in [0.29, 0.717) is 6.54 Å². The molecule has 3 aromatic rings. The molecule has 8 heteroatoms. The van der Waals surface area contributed by atoms with E-state index in [0.717, 1.165) is 54.4 Å². The molecule has 0 aromatic carbocycles. The molecule has 126 valence electrons. The fraction of sp³-hybridized carbons (Fsp3) is 0.438. The van der Waals surface area contributed by atoms with E-state index in [9.17, 15) is 5.11 Å². The molecule has 0 aliphatic carbocycles. The van der Waals surface area contributed by atoms with Crippen LogP contribution in [0.3, 0.4) is 0 Å². The summed E-state index contributed by atoms with van der Waals surface area (Å²) in [6, 6.07) is 1.91. The molecule has 0 spiro atoms. The maximum Gasteiger partial charge on any atom is 0.126 e. The lowest BCUT2D eigenvalue weighted by Crippen LogP contribution is -2.35. The second-order valence-corrected chi connectivity index (χ2v) is 6.93. The monoisotopic (exact) mass is 345 g/mol. The van der Waals surface area contributed by atoms with E-state index < -0.39 is 0 Å². The Morgan fingerprint density at radius 2 is 2.12 bits per heavy atom. The van der Waals surface area contributed by atoms with Crippen LogP contribution in [0, 0.1) is 0 Å². The quantitative estimate of drug-likeness (QED) is 0.762. The van der Waals surface area contributed by atoms with Crippen molar-refractivity contribution in [2.75, 3.05) is 13.1 Å². The average molecular weight is 345 g/mol. The Kier molecular flexibility index (Phi) is 4.42. The lowest BCUT2D eigenvalue weighted by atomic mass is 10.1. The Balaban J connectivity index is 1.37. The molecule has 1 N–H and O–H groups in total. The van der Waals surface area contributed by atoms with Crippen molar-refractivity contribution < 1.29 is 9.52 Å². The SMILES string of the molecule is OC1CCN(Cc2cn(Cc3csc(-c4ccoc4)n3)nn2)CC1. The number of likely N-dealkylation sites (tertiary alicyclic amines) is 1. The number of thiazole rings is 1. The van der Waals surface area contributed by atoms with Gasteiger partial charge in [0, 0.05) is 30.6 Å². The van der Waals surface area contributed by atoms with Crippen LogP contribution < -0.4 is 0 Å². The van der Waals surface area contributed by atoms with E-state index in [1.807, 2.05) is 22.3 Å². The van der Waals surface area contributed by atoms with Crippen molar-refractivity contribution in [2.45, 2.75) is 32.0 Å². The lowest BCUT2D eigenvalue weighted by molar-refractivity contribution is 0.0786. The first-order valence-electron chi connectivity index (χ1n) is 8.02. The highest BCUT2D eigenvalue weighted by Gasteiger charge is 2.18. The summed E-state index contributed by atoms with van der Waals surface area (Å²) in [4.78, 5) is 6.92. The Hall–Kier alpha value is -2.03. The first-order valence-corrected chi connectivity index (χ1v) is 8.90. The van der Waals surface area contributed by atoms with Crippen LogP contribution in [0.4, 0.5) is 0 Å². The third-order valence-electron chi connectivity index (χ3n) is 4.17. The number of hydrogen-bond donors (Lipinski definition) is 1. The van der Waals surface area contributed by atoms with Gasteiger partial charge in [-0.25, -0.2) is 9.67 Å². The van der Waals surface area contributed by atoms with E-state index in [1.54, 1.807) is 23.9 Å². The van der Waals surface area contributed by atoms with E-state index in [2.05, 4.69) is 20.2 Å². The third kappa shape index (κ3) is 3.55. The van der Waals surface area contributed by atoms with Crippen LogP contribution in [0.5, 0.6) is 0 Å². The molecule has 1 fully saturated rings. The maximum atomic E-state index is 9.56. The molecular weight excluding hydrogens is 326 g/mol. The number of furan rings is 1. The van der Waals surface area contributed by atoms with Gasteiger partial charge in [0.1, 0.15) is 11.3 Å². The molecule has 0 unspecified atom stereocenters. The van der Waals surface area contributed by atoms with Crippen molar-refractivity contribution in [1.29, 1.82) is 0 Å². The summed E-state index contributed by atoms with van der Waals surface area (Å²) in [6.45, 7) is 3.21. The highest BCUT2D eigenvalue weighted by Crippen LogP contribution is 2.24. The van der Waals surface area contributed by atoms with Crippen molar-refractivity contribution in [3.8, 4) is 10.6 Å². The molecule has 4 rings (SSSR count). The van der Waals surface area contributed by atoms with Gasteiger partial charge in [-0.15, -0.1) is 16.4 Å². The molecule has 4 heterocycles. The zero-order valence-corrected chi connectivity index (χ0v) is 14.0. The van der Waals surface area contributed by atoms with Crippen LogP contribution in [0.25, 0.3) is 10.6 Å². The molecule has 0 atom stereocenters. The minimum absolute atomic E-state index is 0.147. The summed E-state index contributed by atoms with van der Waals surface area (Å²) in [7, 11) is 0. The maximum absolute atomic E-state index is 9.56. The minimum atomic E-state index is -0.147. The molecule has 1 saturated heterocycles. The number of aromatic nitrogens is 4. The summed E-state index contributed by atoms with van der Waals surface area (Å²) in [5, 5.41) is 21.0. The number of nitrogens with zero attached hydrogens (tertiary/aromatic N) is 5. The van der Waals surface area contributed by atoms with Crippen molar-refractivity contribution in [2.24, 2.45) is 0 Å². The molecule has 1 aliphatic heterocycles. The minimum Gasteiger partial charge on any atom is -0.472 e. The molecule has 7 nitrogen and oxygen atoms in total. The predicted molar refractivity (Wildman–Crippen MR) is 89.5 cm³/mol. The van der Waals surface area contributed by atoms with E-state index >= 15 is 0 Å². The number of rotatable bonds is 5. The Labute approximate surface area is 143 Å². The summed E-state index contributed by atoms with van der Waals surface area (Å²) in [6.07, 6.45) is 6.85. The summed E-state index contributed by atoms with van der Waals surface area (Å²) >= 11 is 1.60. The van der Waals surface area contributed by atoms with Crippen LogP contribution in [0.2, 0.25) is 0 Å². The average Bonchev–Trinajstić information content (AvgIpc) is 3.32. The molecule has 24 heavy (non-hydrogen) atoms. The fourth-order valence-electron chi connectivity index (χ4n) is 2.86. The van der Waals surface area contributed by atoms with Gasteiger partial charge in [0.25, 0.3) is 0 Å². The topological polar surface area (TPSA) is 80.2 Å². The molecule has 0 saturated carbocycles. The van der Waals surface area contributed by atoms with Gasteiger partial charge in [-0.2, -0.15) is 0 Å². The highest BCUT2D eigenvalue weighted by atomic mass is 32.1. The second-order valence-electron chi connectivity index (χ2n) is 6.07. The standard InChI is InChI=1S/C16H19N5O2S/c22-15-1-4-20(5-2-15)7-13-8-21(19-18-13)9-14-11-24-16(17-14)12-3-6-23-10-12/h3,6,8,10-11,15,22H,1-2,4-5,7,9H2. The van der Waals surface area contributed by atoms with Crippen LogP contribution in [0.1, 0.15) is 24.2 Å². The van der Waals surface area contributed by atoms with Crippen LogP contribution >= 0.6 is 11.3 Å². The molecular formula is C16H19N5O2S. The van der Waals surface area contributed by atoms with Gasteiger partial charge in [-0.05, 0) is 18.9 Å². The van der Waals surface area contributed by atoms with Gasteiger partial charge in [0.05, 0.1) is 36.5 Å². The van der Waals surface area contributed by atoms with E-state index in [4.69, 9.17) is 4.42 Å². The third-order valence-corrected chi connectivity index (χ3v) is 5.11. The van der Waals surface area contributed by atoms with Gasteiger partial charge in [0.15, 0.2) is 0 Å². The Morgan fingerprint density at radius 1 is 1.25 bits per heavy atom. The van der Waals surface area contributed by atoms with Gasteiger partial charge < -0.3 is 9.52 Å². The van der Waals surface area contributed by atoms with Gasteiger partial charge in [-0.1, -0.05) is 5.21 Å². The number of piperidine rings is 1. The van der Waals surface area contributed by atoms with Crippen molar-refractivity contribution in [3.63, 3.8) is 0 Å². The molecule has 0 amide bonds. The first kappa shape index (κ1) is 15.5. The second kappa shape index (κ2) is 6.84. The number of aliphatic hydroxyl groups is 1. The largest absolute Gasteiger partial charge is 0.472 e. The zero-order chi connectivity index (χ0) is 16.4. The number of aliphatic hydroxyl groups excluding tert-OH is 1. The smallest absolute Gasteiger partial charge is 0.126 e. The van der Waals surface area contributed by atoms with Crippen molar-refractivity contribution in [1.82, 2.24) is 24.9 Å². The van der Waals surface area contributed by atoms with E-state index in [-0.39, 0.29) is 6.10 Å². The van der Waals surface area contributed by atoms with Crippen molar-refractivity contribution >= 4 is 11.3 Å². The Morgan fingerprint density at radius 3 is 2.92 bits per heavy atom.